The SMILES string of the molecule is Cc1nn(C)c(NC(C)c2ccncc2)c1C(N)=S. The first-order chi connectivity index (χ1) is 9.00. The van der Waals surface area contributed by atoms with Crippen LogP contribution in [0.25, 0.3) is 0 Å². The van der Waals surface area contributed by atoms with Crippen molar-refractivity contribution in [2.24, 2.45) is 12.8 Å². The lowest BCUT2D eigenvalue weighted by molar-refractivity contribution is 0.742. The van der Waals surface area contributed by atoms with Crippen molar-refractivity contribution in [2.45, 2.75) is 19.9 Å². The summed E-state index contributed by atoms with van der Waals surface area (Å²) in [5, 5.41) is 7.76. The van der Waals surface area contributed by atoms with Gasteiger partial charge in [0.1, 0.15) is 10.8 Å². The Morgan fingerprint density at radius 3 is 2.63 bits per heavy atom. The molecule has 0 bridgehead atoms. The van der Waals surface area contributed by atoms with Crippen LogP contribution >= 0.6 is 12.2 Å². The average molecular weight is 275 g/mol. The summed E-state index contributed by atoms with van der Waals surface area (Å²) in [6.45, 7) is 3.97. The maximum absolute atomic E-state index is 5.77. The molecule has 3 N–H and O–H groups in total. The van der Waals surface area contributed by atoms with E-state index in [0.717, 1.165) is 22.6 Å². The number of pyridine rings is 1. The highest BCUT2D eigenvalue weighted by Gasteiger charge is 2.17. The molecule has 0 fully saturated rings. The Labute approximate surface area is 117 Å². The van der Waals surface area contributed by atoms with Crippen LogP contribution in [0, 0.1) is 6.92 Å². The topological polar surface area (TPSA) is 68.8 Å². The number of rotatable bonds is 4. The fraction of sp³-hybridized carbons (Fsp3) is 0.308. The first-order valence-electron chi connectivity index (χ1n) is 6.00. The minimum absolute atomic E-state index is 0.117. The lowest BCUT2D eigenvalue weighted by atomic mass is 10.1. The molecule has 5 nitrogen and oxygen atoms in total. The van der Waals surface area contributed by atoms with Gasteiger partial charge in [0, 0.05) is 19.4 Å². The number of hydrogen-bond donors (Lipinski definition) is 2. The number of nitrogens with zero attached hydrogens (tertiary/aromatic N) is 3. The molecule has 0 saturated carbocycles. The van der Waals surface area contributed by atoms with Gasteiger partial charge in [0.15, 0.2) is 0 Å². The van der Waals surface area contributed by atoms with Crippen LogP contribution in [0.3, 0.4) is 0 Å². The van der Waals surface area contributed by atoms with E-state index in [0.29, 0.717) is 4.99 Å². The van der Waals surface area contributed by atoms with Crippen LogP contribution in [-0.2, 0) is 7.05 Å². The third-order valence-electron chi connectivity index (χ3n) is 3.03. The van der Waals surface area contributed by atoms with Crippen LogP contribution in [0.5, 0.6) is 0 Å². The van der Waals surface area contributed by atoms with Crippen molar-refractivity contribution in [1.82, 2.24) is 14.8 Å². The van der Waals surface area contributed by atoms with Crippen molar-refractivity contribution in [3.8, 4) is 0 Å². The van der Waals surface area contributed by atoms with Gasteiger partial charge in [-0.1, -0.05) is 12.2 Å². The number of nitrogens with two attached hydrogens (primary N) is 1. The molecule has 0 radical (unpaired) electrons. The lowest BCUT2D eigenvalue weighted by Gasteiger charge is -2.16. The Balaban J connectivity index is 2.31. The zero-order valence-corrected chi connectivity index (χ0v) is 12.0. The summed E-state index contributed by atoms with van der Waals surface area (Å²) >= 11 is 5.09. The van der Waals surface area contributed by atoms with Crippen LogP contribution < -0.4 is 11.1 Å². The fourth-order valence-electron chi connectivity index (χ4n) is 2.06. The summed E-state index contributed by atoms with van der Waals surface area (Å²) in [6, 6.07) is 4.06. The average Bonchev–Trinajstić information content (AvgIpc) is 2.65. The maximum Gasteiger partial charge on any atom is 0.135 e. The highest BCUT2D eigenvalue weighted by atomic mass is 32.1. The monoisotopic (exact) mass is 275 g/mol. The summed E-state index contributed by atoms with van der Waals surface area (Å²) in [6.07, 6.45) is 3.55. The molecule has 2 rings (SSSR count). The van der Waals surface area contributed by atoms with Crippen molar-refractivity contribution in [3.05, 3.63) is 41.3 Å². The zero-order valence-electron chi connectivity index (χ0n) is 11.2. The van der Waals surface area contributed by atoms with Crippen LogP contribution in [-0.4, -0.2) is 19.8 Å². The summed E-state index contributed by atoms with van der Waals surface area (Å²) < 4.78 is 1.77. The highest BCUT2D eigenvalue weighted by Crippen LogP contribution is 2.23. The van der Waals surface area contributed by atoms with E-state index in [1.165, 1.54) is 0 Å². The van der Waals surface area contributed by atoms with Crippen LogP contribution in [0.15, 0.2) is 24.5 Å². The van der Waals surface area contributed by atoms with Gasteiger partial charge in [-0.3, -0.25) is 9.67 Å². The highest BCUT2D eigenvalue weighted by molar-refractivity contribution is 7.80. The third kappa shape index (κ3) is 2.73. The Morgan fingerprint density at radius 2 is 2.05 bits per heavy atom. The Kier molecular flexibility index (Phi) is 3.80. The third-order valence-corrected chi connectivity index (χ3v) is 3.23. The Morgan fingerprint density at radius 1 is 1.42 bits per heavy atom. The second-order valence-electron chi connectivity index (χ2n) is 4.44. The van der Waals surface area contributed by atoms with E-state index < -0.39 is 0 Å². The molecule has 0 aliphatic rings. The molecule has 0 aliphatic carbocycles. The molecule has 0 spiro atoms. The Hall–Kier alpha value is -1.95. The number of anilines is 1. The number of thiocarbonyl (C=S) groups is 1. The second kappa shape index (κ2) is 5.36. The molecular formula is C13H17N5S. The predicted octanol–water partition coefficient (Wildman–Crippen LogP) is 1.93. The van der Waals surface area contributed by atoms with Gasteiger partial charge in [-0.2, -0.15) is 5.10 Å². The van der Waals surface area contributed by atoms with Gasteiger partial charge < -0.3 is 11.1 Å². The summed E-state index contributed by atoms with van der Waals surface area (Å²) in [5.74, 6) is 0.842. The van der Waals surface area contributed by atoms with Gasteiger partial charge in [-0.05, 0) is 31.5 Å². The van der Waals surface area contributed by atoms with E-state index in [9.17, 15) is 0 Å². The molecule has 2 heterocycles. The normalized spacial score (nSPS) is 12.2. The van der Waals surface area contributed by atoms with Crippen LogP contribution in [0.4, 0.5) is 5.82 Å². The summed E-state index contributed by atoms with van der Waals surface area (Å²) in [7, 11) is 1.87. The smallest absolute Gasteiger partial charge is 0.135 e. The molecule has 0 aliphatic heterocycles. The standard InChI is InChI=1S/C13H17N5S/c1-8(10-4-6-15-7-5-10)16-13-11(12(14)19)9(2)17-18(13)3/h4-8,16H,1-3H3,(H2,14,19). The van der Waals surface area contributed by atoms with Gasteiger partial charge in [0.25, 0.3) is 0 Å². The Bertz CT molecular complexity index is 591. The van der Waals surface area contributed by atoms with E-state index in [2.05, 4.69) is 22.3 Å². The molecule has 1 unspecified atom stereocenters. The molecule has 0 aromatic carbocycles. The number of nitrogens with one attached hydrogen (secondary N) is 1. The molecular weight excluding hydrogens is 258 g/mol. The van der Waals surface area contributed by atoms with Crippen molar-refractivity contribution < 1.29 is 0 Å². The van der Waals surface area contributed by atoms with Crippen LogP contribution in [0.1, 0.15) is 29.8 Å². The predicted molar refractivity (Wildman–Crippen MR) is 80.1 cm³/mol. The number of aryl methyl sites for hydroxylation is 2. The quantitative estimate of drug-likeness (QED) is 0.834. The molecule has 100 valence electrons. The largest absolute Gasteiger partial charge is 0.389 e. The zero-order chi connectivity index (χ0) is 14.0. The lowest BCUT2D eigenvalue weighted by Crippen LogP contribution is -2.16. The molecule has 6 heteroatoms. The number of hydrogen-bond acceptors (Lipinski definition) is 4. The van der Waals surface area contributed by atoms with E-state index >= 15 is 0 Å². The van der Waals surface area contributed by atoms with Crippen LogP contribution in [0.2, 0.25) is 0 Å². The van der Waals surface area contributed by atoms with E-state index in [-0.39, 0.29) is 6.04 Å². The minimum atomic E-state index is 0.117. The van der Waals surface area contributed by atoms with Crippen molar-refractivity contribution in [3.63, 3.8) is 0 Å². The van der Waals surface area contributed by atoms with Gasteiger partial charge in [0.2, 0.25) is 0 Å². The summed E-state index contributed by atoms with van der Waals surface area (Å²) in [5.41, 5.74) is 8.55. The number of aromatic nitrogens is 3. The summed E-state index contributed by atoms with van der Waals surface area (Å²) in [4.78, 5) is 4.37. The van der Waals surface area contributed by atoms with Gasteiger partial charge in [-0.15, -0.1) is 0 Å². The molecule has 0 saturated heterocycles. The minimum Gasteiger partial charge on any atom is -0.389 e. The molecule has 0 amide bonds. The van der Waals surface area contributed by atoms with E-state index in [1.54, 1.807) is 17.1 Å². The van der Waals surface area contributed by atoms with Crippen molar-refractivity contribution in [1.29, 1.82) is 0 Å². The first kappa shape index (κ1) is 13.5. The molecule has 2 aromatic rings. The molecule has 2 aromatic heterocycles. The van der Waals surface area contributed by atoms with Gasteiger partial charge in [0.05, 0.1) is 17.3 Å². The van der Waals surface area contributed by atoms with E-state index in [1.807, 2.05) is 26.1 Å². The van der Waals surface area contributed by atoms with Gasteiger partial charge in [-0.25, -0.2) is 0 Å². The maximum atomic E-state index is 5.77. The molecule has 19 heavy (non-hydrogen) atoms. The first-order valence-corrected chi connectivity index (χ1v) is 6.41. The van der Waals surface area contributed by atoms with Crippen molar-refractivity contribution in [2.75, 3.05) is 5.32 Å². The molecule has 1 atom stereocenters. The van der Waals surface area contributed by atoms with Crippen molar-refractivity contribution >= 4 is 23.0 Å². The second-order valence-corrected chi connectivity index (χ2v) is 4.88. The van der Waals surface area contributed by atoms with E-state index in [4.69, 9.17) is 18.0 Å². The fourth-order valence-corrected chi connectivity index (χ4v) is 2.30. The van der Waals surface area contributed by atoms with Gasteiger partial charge >= 0.3 is 0 Å².